The lowest BCUT2D eigenvalue weighted by Gasteiger charge is -2.20. The summed E-state index contributed by atoms with van der Waals surface area (Å²) in [6.07, 6.45) is 8.17. The highest BCUT2D eigenvalue weighted by atomic mass is 32.2. The molecule has 0 unspecified atom stereocenters. The van der Waals surface area contributed by atoms with Crippen LogP contribution in [0.25, 0.3) is 17.0 Å². The van der Waals surface area contributed by atoms with Gasteiger partial charge in [0.05, 0.1) is 12.1 Å². The van der Waals surface area contributed by atoms with Crippen molar-refractivity contribution < 1.29 is 9.21 Å². The summed E-state index contributed by atoms with van der Waals surface area (Å²) in [6, 6.07) is 15.0. The molecule has 0 bridgehead atoms. The highest BCUT2D eigenvalue weighted by Gasteiger charge is 2.09. The summed E-state index contributed by atoms with van der Waals surface area (Å²) in [5, 5.41) is 3.69. The van der Waals surface area contributed by atoms with Gasteiger partial charge in [0.15, 0.2) is 0 Å². The van der Waals surface area contributed by atoms with E-state index in [9.17, 15) is 9.59 Å². The number of hydrogen-bond acceptors (Lipinski definition) is 6. The van der Waals surface area contributed by atoms with Gasteiger partial charge in [0.25, 0.3) is 0 Å². The Morgan fingerprint density at radius 3 is 2.71 bits per heavy atom. The third kappa shape index (κ3) is 5.59. The second-order valence-electron chi connectivity index (χ2n) is 6.69. The first-order valence-corrected chi connectivity index (χ1v) is 10.9. The molecule has 0 saturated carbocycles. The minimum absolute atomic E-state index is 0.202. The first-order chi connectivity index (χ1) is 15.0. The predicted molar refractivity (Wildman–Crippen MR) is 130 cm³/mol. The number of thioether (sulfide) groups is 1. The van der Waals surface area contributed by atoms with Gasteiger partial charge in [-0.05, 0) is 68.1 Å². The molecule has 5 nitrogen and oxygen atoms in total. The minimum Gasteiger partial charge on any atom is -0.422 e. The number of rotatable bonds is 8. The number of carbonyl (C=O) groups excluding carboxylic acids is 1. The van der Waals surface area contributed by atoms with E-state index in [1.807, 2.05) is 42.5 Å². The number of fused-ring (bicyclic) bond motifs is 1. The van der Waals surface area contributed by atoms with Gasteiger partial charge in [-0.1, -0.05) is 18.1 Å². The molecule has 0 aliphatic carbocycles. The fourth-order valence-corrected chi connectivity index (χ4v) is 3.92. The van der Waals surface area contributed by atoms with Crippen LogP contribution < -0.4 is 15.8 Å². The van der Waals surface area contributed by atoms with Crippen LogP contribution in [0.1, 0.15) is 19.4 Å². The lowest BCUT2D eigenvalue weighted by molar-refractivity contribution is -0.107. The molecule has 0 fully saturated rings. The van der Waals surface area contributed by atoms with Gasteiger partial charge in [-0.15, -0.1) is 6.42 Å². The smallest absolute Gasteiger partial charge is 0.343 e. The van der Waals surface area contributed by atoms with Gasteiger partial charge in [-0.25, -0.2) is 4.79 Å². The van der Waals surface area contributed by atoms with Gasteiger partial charge < -0.3 is 14.6 Å². The van der Waals surface area contributed by atoms with Crippen LogP contribution in [-0.2, 0) is 4.79 Å². The summed E-state index contributed by atoms with van der Waals surface area (Å²) in [4.78, 5) is 27.8. The Balaban J connectivity index is 1.79. The average Bonchev–Trinajstić information content (AvgIpc) is 2.78. The number of nitrogens with zero attached hydrogens (tertiary/aromatic N) is 1. The Morgan fingerprint density at radius 2 is 1.97 bits per heavy atom. The highest BCUT2D eigenvalue weighted by molar-refractivity contribution is 8.14. The van der Waals surface area contributed by atoms with Gasteiger partial charge in [0.2, 0.25) is 5.12 Å². The molecule has 3 rings (SSSR count). The maximum atomic E-state index is 12.4. The Kier molecular flexibility index (Phi) is 7.58. The zero-order chi connectivity index (χ0) is 22.2. The number of carbonyl (C=O) groups is 1. The van der Waals surface area contributed by atoms with E-state index >= 15 is 0 Å². The first kappa shape index (κ1) is 22.3. The zero-order valence-electron chi connectivity index (χ0n) is 17.6. The van der Waals surface area contributed by atoms with E-state index in [2.05, 4.69) is 30.0 Å². The third-order valence-corrected chi connectivity index (χ3v) is 5.67. The van der Waals surface area contributed by atoms with Crippen LogP contribution in [0, 0.1) is 12.3 Å². The maximum absolute atomic E-state index is 12.4. The molecule has 0 aliphatic rings. The molecule has 0 radical (unpaired) electrons. The van der Waals surface area contributed by atoms with Crippen molar-refractivity contribution in [2.75, 3.05) is 29.9 Å². The van der Waals surface area contributed by atoms with Gasteiger partial charge >= 0.3 is 5.63 Å². The normalized spacial score (nSPS) is 10.9. The van der Waals surface area contributed by atoms with Gasteiger partial charge in [0, 0.05) is 40.8 Å². The molecular weight excluding hydrogens is 408 g/mol. The summed E-state index contributed by atoms with van der Waals surface area (Å²) in [5.74, 6) is 2.51. The van der Waals surface area contributed by atoms with Crippen LogP contribution in [0.15, 0.2) is 68.7 Å². The number of nitrogens with one attached hydrogen (secondary N) is 1. The van der Waals surface area contributed by atoms with Crippen molar-refractivity contribution in [3.63, 3.8) is 0 Å². The van der Waals surface area contributed by atoms with E-state index in [0.29, 0.717) is 17.7 Å². The van der Waals surface area contributed by atoms with E-state index in [4.69, 9.17) is 10.8 Å². The van der Waals surface area contributed by atoms with Crippen LogP contribution >= 0.6 is 11.8 Å². The summed E-state index contributed by atoms with van der Waals surface area (Å²) < 4.78 is 5.51. The van der Waals surface area contributed by atoms with Crippen LogP contribution in [0.2, 0.25) is 0 Å². The van der Waals surface area contributed by atoms with Crippen molar-refractivity contribution in [2.24, 2.45) is 0 Å². The van der Waals surface area contributed by atoms with Crippen molar-refractivity contribution in [2.45, 2.75) is 18.7 Å². The largest absolute Gasteiger partial charge is 0.422 e. The van der Waals surface area contributed by atoms with E-state index < -0.39 is 5.63 Å². The Morgan fingerprint density at radius 1 is 1.19 bits per heavy atom. The highest BCUT2D eigenvalue weighted by Crippen LogP contribution is 2.28. The SMILES string of the molecule is C#CCNc1ccccc1SC(=O)C=Cc1cc2ccc(N(CC)CC)cc2oc1=O. The Bertz CT molecular complexity index is 1200. The molecule has 31 heavy (non-hydrogen) atoms. The summed E-state index contributed by atoms with van der Waals surface area (Å²) in [7, 11) is 0. The number of hydrogen-bond donors (Lipinski definition) is 1. The third-order valence-electron chi connectivity index (χ3n) is 4.75. The Hall–Kier alpha value is -3.43. The molecule has 0 spiro atoms. The second-order valence-corrected chi connectivity index (χ2v) is 7.74. The van der Waals surface area contributed by atoms with Crippen molar-refractivity contribution in [1.29, 1.82) is 0 Å². The molecule has 0 aliphatic heterocycles. The van der Waals surface area contributed by atoms with E-state index in [1.165, 1.54) is 12.2 Å². The van der Waals surface area contributed by atoms with Crippen molar-refractivity contribution >= 4 is 45.3 Å². The van der Waals surface area contributed by atoms with Crippen LogP contribution in [0.3, 0.4) is 0 Å². The molecule has 1 heterocycles. The molecule has 1 N–H and O–H groups in total. The first-order valence-electron chi connectivity index (χ1n) is 10.0. The zero-order valence-corrected chi connectivity index (χ0v) is 18.4. The molecule has 158 valence electrons. The van der Waals surface area contributed by atoms with Crippen LogP contribution in [0.4, 0.5) is 11.4 Å². The second kappa shape index (κ2) is 10.6. The number of terminal acetylenes is 1. The minimum atomic E-state index is -0.477. The fourth-order valence-electron chi connectivity index (χ4n) is 3.17. The van der Waals surface area contributed by atoms with E-state index in [1.54, 1.807) is 6.07 Å². The van der Waals surface area contributed by atoms with E-state index in [-0.39, 0.29) is 5.12 Å². The number of para-hydroxylation sites is 1. The molecule has 0 atom stereocenters. The van der Waals surface area contributed by atoms with Gasteiger partial charge in [0.1, 0.15) is 5.58 Å². The quantitative estimate of drug-likeness (QED) is 0.233. The average molecular weight is 433 g/mol. The summed E-state index contributed by atoms with van der Waals surface area (Å²) >= 11 is 1.06. The van der Waals surface area contributed by atoms with Crippen molar-refractivity contribution in [3.05, 3.63) is 70.6 Å². The predicted octanol–water partition coefficient (Wildman–Crippen LogP) is 5.02. The number of anilines is 2. The molecule has 3 aromatic rings. The summed E-state index contributed by atoms with van der Waals surface area (Å²) in [5.41, 5.74) is 2.18. The van der Waals surface area contributed by atoms with Gasteiger partial charge in [-0.3, -0.25) is 4.79 Å². The monoisotopic (exact) mass is 432 g/mol. The Labute approximate surface area is 186 Å². The lowest BCUT2D eigenvalue weighted by atomic mass is 10.1. The maximum Gasteiger partial charge on any atom is 0.343 e. The van der Waals surface area contributed by atoms with Crippen LogP contribution in [0.5, 0.6) is 0 Å². The van der Waals surface area contributed by atoms with Crippen LogP contribution in [-0.4, -0.2) is 24.7 Å². The molecule has 0 amide bonds. The topological polar surface area (TPSA) is 62.6 Å². The van der Waals surface area contributed by atoms with Crippen molar-refractivity contribution in [3.8, 4) is 12.3 Å². The van der Waals surface area contributed by atoms with Crippen molar-refractivity contribution in [1.82, 2.24) is 0 Å². The fraction of sp³-hybridized carbons (Fsp3) is 0.200. The molecule has 1 aromatic heterocycles. The lowest BCUT2D eigenvalue weighted by Crippen LogP contribution is -2.21. The molecular formula is C25H24N2O3S. The molecule has 0 saturated heterocycles. The van der Waals surface area contributed by atoms with E-state index in [0.717, 1.165) is 46.5 Å². The molecule has 6 heteroatoms. The standard InChI is InChI=1S/C25H24N2O3S/c1-4-15-26-21-9-7-8-10-23(21)31-24(28)14-12-19-16-18-11-13-20(27(5-2)6-3)17-22(18)30-25(19)29/h1,7-14,16-17,26H,5-6,15H2,2-3H3. The number of benzene rings is 2. The molecule has 2 aromatic carbocycles. The van der Waals surface area contributed by atoms with Gasteiger partial charge in [-0.2, -0.15) is 0 Å². The summed E-state index contributed by atoms with van der Waals surface area (Å²) in [6.45, 7) is 6.27.